The van der Waals surface area contributed by atoms with E-state index in [0.717, 1.165) is 63.3 Å². The highest BCUT2D eigenvalue weighted by Crippen LogP contribution is 2.26. The quantitative estimate of drug-likeness (QED) is 0.818. The van der Waals surface area contributed by atoms with Gasteiger partial charge in [-0.3, -0.25) is 9.59 Å². The molecule has 0 atom stereocenters. The van der Waals surface area contributed by atoms with Gasteiger partial charge in [0.1, 0.15) is 5.75 Å². The second kappa shape index (κ2) is 9.34. The zero-order valence-electron chi connectivity index (χ0n) is 17.4. The second-order valence-electron chi connectivity index (χ2n) is 8.03. The number of rotatable bonds is 5. The van der Waals surface area contributed by atoms with Crippen molar-refractivity contribution in [2.75, 3.05) is 38.6 Å². The molecule has 1 aromatic heterocycles. The standard InChI is InChI=1S/C23H29N3O4/c1-29-20-6-4-18(5-7-20)24-22(27)17-8-12-25(13-9-17)19-10-14-26(15-11-19)23(28)21-3-2-16-30-21/h2-7,16-17,19H,8-15H2,1H3,(H,24,27). The average Bonchev–Trinajstić information content (AvgIpc) is 3.34. The van der Waals surface area contributed by atoms with E-state index in [1.165, 1.54) is 6.26 Å². The predicted molar refractivity (Wildman–Crippen MR) is 114 cm³/mol. The summed E-state index contributed by atoms with van der Waals surface area (Å²) in [4.78, 5) is 29.4. The largest absolute Gasteiger partial charge is 0.497 e. The van der Waals surface area contributed by atoms with Gasteiger partial charge in [-0.05, 0) is 75.2 Å². The molecule has 2 amide bonds. The zero-order valence-corrected chi connectivity index (χ0v) is 17.4. The van der Waals surface area contributed by atoms with Gasteiger partial charge in [-0.25, -0.2) is 0 Å². The number of carbonyl (C=O) groups excluding carboxylic acids is 2. The number of ether oxygens (including phenoxy) is 1. The number of likely N-dealkylation sites (tertiary alicyclic amines) is 2. The lowest BCUT2D eigenvalue weighted by Crippen LogP contribution is -2.49. The minimum atomic E-state index is -0.0210. The van der Waals surface area contributed by atoms with Crippen LogP contribution in [0.15, 0.2) is 47.1 Å². The molecule has 1 N–H and O–H groups in total. The third-order valence-electron chi connectivity index (χ3n) is 6.26. The van der Waals surface area contributed by atoms with Gasteiger partial charge >= 0.3 is 0 Å². The lowest BCUT2D eigenvalue weighted by molar-refractivity contribution is -0.121. The fourth-order valence-corrected chi connectivity index (χ4v) is 4.44. The lowest BCUT2D eigenvalue weighted by atomic mass is 9.92. The van der Waals surface area contributed by atoms with Gasteiger partial charge in [0, 0.05) is 30.7 Å². The van der Waals surface area contributed by atoms with Gasteiger partial charge in [0.25, 0.3) is 5.91 Å². The number of methoxy groups -OCH3 is 1. The highest BCUT2D eigenvalue weighted by atomic mass is 16.5. The maximum Gasteiger partial charge on any atom is 0.289 e. The molecule has 0 saturated carbocycles. The summed E-state index contributed by atoms with van der Waals surface area (Å²) < 4.78 is 10.4. The summed E-state index contributed by atoms with van der Waals surface area (Å²) >= 11 is 0. The molecule has 4 rings (SSSR count). The minimum Gasteiger partial charge on any atom is -0.497 e. The van der Waals surface area contributed by atoms with E-state index in [4.69, 9.17) is 9.15 Å². The van der Waals surface area contributed by atoms with Crippen LogP contribution in [0.4, 0.5) is 5.69 Å². The topological polar surface area (TPSA) is 75.0 Å². The van der Waals surface area contributed by atoms with E-state index in [2.05, 4.69) is 10.2 Å². The van der Waals surface area contributed by atoms with E-state index in [1.54, 1.807) is 19.2 Å². The molecule has 160 valence electrons. The highest BCUT2D eigenvalue weighted by Gasteiger charge is 2.32. The Bertz CT molecular complexity index is 834. The highest BCUT2D eigenvalue weighted by molar-refractivity contribution is 5.92. The number of carbonyl (C=O) groups is 2. The summed E-state index contributed by atoms with van der Waals surface area (Å²) in [6.45, 7) is 3.36. The molecule has 2 fully saturated rings. The fraction of sp³-hybridized carbons (Fsp3) is 0.478. The SMILES string of the molecule is COc1ccc(NC(=O)C2CCN(C3CCN(C(=O)c4ccco4)CC3)CC2)cc1. The van der Waals surface area contributed by atoms with Crippen molar-refractivity contribution in [1.82, 2.24) is 9.80 Å². The van der Waals surface area contributed by atoms with Crippen LogP contribution in [0.3, 0.4) is 0 Å². The normalized spacial score (nSPS) is 18.9. The molecule has 7 nitrogen and oxygen atoms in total. The summed E-state index contributed by atoms with van der Waals surface area (Å²) in [5.74, 6) is 1.31. The summed E-state index contributed by atoms with van der Waals surface area (Å²) in [7, 11) is 1.63. The maximum absolute atomic E-state index is 12.6. The Labute approximate surface area is 177 Å². The molecule has 0 aliphatic carbocycles. The average molecular weight is 412 g/mol. The molecule has 3 heterocycles. The van der Waals surface area contributed by atoms with Gasteiger partial charge in [0.05, 0.1) is 13.4 Å². The van der Waals surface area contributed by atoms with Crippen LogP contribution in [0.25, 0.3) is 0 Å². The minimum absolute atomic E-state index is 0.0210. The number of anilines is 1. The molecule has 0 spiro atoms. The van der Waals surface area contributed by atoms with Crippen LogP contribution in [0.5, 0.6) is 5.75 Å². The van der Waals surface area contributed by atoms with Crippen molar-refractivity contribution in [2.45, 2.75) is 31.7 Å². The van der Waals surface area contributed by atoms with Crippen LogP contribution in [0.2, 0.25) is 0 Å². The summed E-state index contributed by atoms with van der Waals surface area (Å²) in [5.41, 5.74) is 0.803. The molecule has 30 heavy (non-hydrogen) atoms. The van der Waals surface area contributed by atoms with Crippen LogP contribution in [-0.2, 0) is 4.79 Å². The smallest absolute Gasteiger partial charge is 0.289 e. The number of furan rings is 1. The van der Waals surface area contributed by atoms with Crippen LogP contribution < -0.4 is 10.1 Å². The second-order valence-corrected chi connectivity index (χ2v) is 8.03. The van der Waals surface area contributed by atoms with E-state index >= 15 is 0 Å². The van der Waals surface area contributed by atoms with Crippen molar-refractivity contribution < 1.29 is 18.7 Å². The summed E-state index contributed by atoms with van der Waals surface area (Å²) in [6, 6.07) is 11.4. The van der Waals surface area contributed by atoms with Crippen LogP contribution >= 0.6 is 0 Å². The Morgan fingerprint density at radius 2 is 1.70 bits per heavy atom. The number of nitrogens with one attached hydrogen (secondary N) is 1. The Balaban J connectivity index is 1.22. The molecule has 2 aromatic rings. The van der Waals surface area contributed by atoms with E-state index in [0.29, 0.717) is 11.8 Å². The van der Waals surface area contributed by atoms with Crippen LogP contribution in [-0.4, -0.2) is 60.9 Å². The Morgan fingerprint density at radius 3 is 2.30 bits per heavy atom. The van der Waals surface area contributed by atoms with Crippen molar-refractivity contribution in [3.8, 4) is 5.75 Å². The van der Waals surface area contributed by atoms with Gasteiger partial charge in [0.2, 0.25) is 5.91 Å². The first kappa shape index (κ1) is 20.5. The first-order valence-corrected chi connectivity index (χ1v) is 10.7. The van der Waals surface area contributed by atoms with E-state index in [-0.39, 0.29) is 17.7 Å². The summed E-state index contributed by atoms with van der Waals surface area (Å²) in [5, 5.41) is 3.02. The van der Waals surface area contributed by atoms with Gasteiger partial charge < -0.3 is 24.3 Å². The molecule has 7 heteroatoms. The maximum atomic E-state index is 12.6. The fourth-order valence-electron chi connectivity index (χ4n) is 4.44. The molecule has 2 aliphatic heterocycles. The zero-order chi connectivity index (χ0) is 20.9. The molecular formula is C23H29N3O4. The van der Waals surface area contributed by atoms with Crippen molar-refractivity contribution in [3.63, 3.8) is 0 Å². The predicted octanol–water partition coefficient (Wildman–Crippen LogP) is 3.24. The number of hydrogen-bond acceptors (Lipinski definition) is 5. The third kappa shape index (κ3) is 4.67. The first-order chi connectivity index (χ1) is 14.6. The molecule has 2 aliphatic rings. The number of nitrogens with zero attached hydrogens (tertiary/aromatic N) is 2. The van der Waals surface area contributed by atoms with E-state index in [9.17, 15) is 9.59 Å². The van der Waals surface area contributed by atoms with Crippen LogP contribution in [0.1, 0.15) is 36.2 Å². The Morgan fingerprint density at radius 1 is 1.00 bits per heavy atom. The van der Waals surface area contributed by atoms with Crippen molar-refractivity contribution in [2.24, 2.45) is 5.92 Å². The number of benzene rings is 1. The first-order valence-electron chi connectivity index (χ1n) is 10.7. The van der Waals surface area contributed by atoms with Crippen molar-refractivity contribution in [3.05, 3.63) is 48.4 Å². The van der Waals surface area contributed by atoms with E-state index < -0.39 is 0 Å². The number of piperidine rings is 2. The Hall–Kier alpha value is -2.80. The number of amides is 2. The van der Waals surface area contributed by atoms with E-state index in [1.807, 2.05) is 29.2 Å². The van der Waals surface area contributed by atoms with Gasteiger partial charge in [-0.1, -0.05) is 0 Å². The van der Waals surface area contributed by atoms with Gasteiger partial charge in [0.15, 0.2) is 5.76 Å². The molecule has 0 bridgehead atoms. The van der Waals surface area contributed by atoms with Gasteiger partial charge in [-0.15, -0.1) is 0 Å². The lowest BCUT2D eigenvalue weighted by Gasteiger charge is -2.41. The third-order valence-corrected chi connectivity index (χ3v) is 6.26. The molecule has 0 unspecified atom stereocenters. The Kier molecular flexibility index (Phi) is 6.38. The van der Waals surface area contributed by atoms with Gasteiger partial charge in [-0.2, -0.15) is 0 Å². The molecule has 0 radical (unpaired) electrons. The number of hydrogen-bond donors (Lipinski definition) is 1. The summed E-state index contributed by atoms with van der Waals surface area (Å²) in [6.07, 6.45) is 5.21. The molecular weight excluding hydrogens is 382 g/mol. The van der Waals surface area contributed by atoms with Crippen LogP contribution in [0, 0.1) is 5.92 Å². The monoisotopic (exact) mass is 411 g/mol. The van der Waals surface area contributed by atoms with Crippen molar-refractivity contribution >= 4 is 17.5 Å². The molecule has 2 saturated heterocycles. The molecule has 1 aromatic carbocycles. The van der Waals surface area contributed by atoms with Crippen molar-refractivity contribution in [1.29, 1.82) is 0 Å².